The minimum absolute atomic E-state index is 0.0163. The first-order valence-corrected chi connectivity index (χ1v) is 8.74. The van der Waals surface area contributed by atoms with E-state index in [9.17, 15) is 8.42 Å². The summed E-state index contributed by atoms with van der Waals surface area (Å²) in [6, 6.07) is 2.07. The fourth-order valence-corrected chi connectivity index (χ4v) is 3.71. The molecule has 0 atom stereocenters. The quantitative estimate of drug-likeness (QED) is 0.787. The van der Waals surface area contributed by atoms with Gasteiger partial charge in [0, 0.05) is 44.7 Å². The van der Waals surface area contributed by atoms with Crippen molar-refractivity contribution in [3.8, 4) is 0 Å². The molecule has 0 unspecified atom stereocenters. The van der Waals surface area contributed by atoms with E-state index in [4.69, 9.17) is 4.74 Å². The SMILES string of the molecule is COC1CC(NS(=O)(=O)c2cc(CNC(C)C)n(C)c2)C1. The molecule has 1 heterocycles. The van der Waals surface area contributed by atoms with Crippen LogP contribution < -0.4 is 10.0 Å². The zero-order valence-electron chi connectivity index (χ0n) is 13.1. The molecule has 0 saturated heterocycles. The first-order chi connectivity index (χ1) is 9.81. The number of nitrogens with one attached hydrogen (secondary N) is 2. The van der Waals surface area contributed by atoms with Crippen LogP contribution in [0.15, 0.2) is 17.2 Å². The molecule has 1 aromatic rings. The Morgan fingerprint density at radius 1 is 1.43 bits per heavy atom. The molecular weight excluding hydrogens is 290 g/mol. The maximum atomic E-state index is 12.3. The second kappa shape index (κ2) is 6.48. The Morgan fingerprint density at radius 2 is 2.10 bits per heavy atom. The first-order valence-electron chi connectivity index (χ1n) is 7.25. The molecule has 21 heavy (non-hydrogen) atoms. The topological polar surface area (TPSA) is 72.4 Å². The summed E-state index contributed by atoms with van der Waals surface area (Å²) in [5, 5.41) is 3.29. The van der Waals surface area contributed by atoms with Crippen LogP contribution in [0, 0.1) is 0 Å². The number of hydrogen-bond acceptors (Lipinski definition) is 4. The minimum atomic E-state index is -3.45. The number of sulfonamides is 1. The number of aryl methyl sites for hydroxylation is 1. The first kappa shape index (κ1) is 16.5. The van der Waals surface area contributed by atoms with Crippen molar-refractivity contribution in [1.29, 1.82) is 0 Å². The molecule has 6 nitrogen and oxygen atoms in total. The van der Waals surface area contributed by atoms with E-state index in [1.54, 1.807) is 19.4 Å². The maximum Gasteiger partial charge on any atom is 0.242 e. The van der Waals surface area contributed by atoms with E-state index in [2.05, 4.69) is 23.9 Å². The van der Waals surface area contributed by atoms with Gasteiger partial charge in [-0.3, -0.25) is 0 Å². The predicted octanol–water partition coefficient (Wildman–Crippen LogP) is 0.979. The lowest BCUT2D eigenvalue weighted by Gasteiger charge is -2.34. The van der Waals surface area contributed by atoms with Gasteiger partial charge in [-0.25, -0.2) is 13.1 Å². The minimum Gasteiger partial charge on any atom is -0.381 e. The monoisotopic (exact) mass is 315 g/mol. The molecule has 1 fully saturated rings. The van der Waals surface area contributed by atoms with Gasteiger partial charge in [-0.1, -0.05) is 13.8 Å². The van der Waals surface area contributed by atoms with E-state index in [0.717, 1.165) is 18.5 Å². The van der Waals surface area contributed by atoms with Crippen molar-refractivity contribution >= 4 is 10.0 Å². The maximum absolute atomic E-state index is 12.3. The van der Waals surface area contributed by atoms with Gasteiger partial charge in [0.25, 0.3) is 0 Å². The van der Waals surface area contributed by atoms with E-state index in [0.29, 0.717) is 17.5 Å². The lowest BCUT2D eigenvalue weighted by atomic mass is 9.90. The molecule has 1 aliphatic rings. The van der Waals surface area contributed by atoms with Gasteiger partial charge in [-0.2, -0.15) is 0 Å². The van der Waals surface area contributed by atoms with Gasteiger partial charge in [0.2, 0.25) is 10.0 Å². The van der Waals surface area contributed by atoms with E-state index >= 15 is 0 Å². The fourth-order valence-electron chi connectivity index (χ4n) is 2.35. The molecular formula is C14H25N3O3S. The molecule has 0 aliphatic heterocycles. The van der Waals surface area contributed by atoms with Crippen molar-refractivity contribution in [3.63, 3.8) is 0 Å². The van der Waals surface area contributed by atoms with Crippen molar-refractivity contribution in [1.82, 2.24) is 14.6 Å². The van der Waals surface area contributed by atoms with Gasteiger partial charge in [0.15, 0.2) is 0 Å². The summed E-state index contributed by atoms with van der Waals surface area (Å²) in [4.78, 5) is 0.325. The van der Waals surface area contributed by atoms with Gasteiger partial charge < -0.3 is 14.6 Å². The smallest absolute Gasteiger partial charge is 0.242 e. The van der Waals surface area contributed by atoms with Crippen LogP contribution in [0.2, 0.25) is 0 Å². The van der Waals surface area contributed by atoms with Crippen LogP contribution >= 0.6 is 0 Å². The van der Waals surface area contributed by atoms with Crippen LogP contribution in [0.1, 0.15) is 32.4 Å². The number of ether oxygens (including phenoxy) is 1. The van der Waals surface area contributed by atoms with Crippen molar-refractivity contribution < 1.29 is 13.2 Å². The second-order valence-corrected chi connectivity index (χ2v) is 7.67. The van der Waals surface area contributed by atoms with Gasteiger partial charge in [0.05, 0.1) is 11.0 Å². The zero-order valence-corrected chi connectivity index (χ0v) is 13.9. The third kappa shape index (κ3) is 4.06. The van der Waals surface area contributed by atoms with E-state index in [-0.39, 0.29) is 12.1 Å². The third-order valence-electron chi connectivity index (χ3n) is 3.83. The summed E-state index contributed by atoms with van der Waals surface area (Å²) >= 11 is 0. The summed E-state index contributed by atoms with van der Waals surface area (Å²) in [6.07, 6.45) is 3.32. The second-order valence-electron chi connectivity index (χ2n) is 5.96. The normalized spacial score (nSPS) is 22.5. The van der Waals surface area contributed by atoms with Gasteiger partial charge in [0.1, 0.15) is 0 Å². The summed E-state index contributed by atoms with van der Waals surface area (Å²) in [7, 11) is 0.0687. The third-order valence-corrected chi connectivity index (χ3v) is 5.32. The molecule has 0 bridgehead atoms. The van der Waals surface area contributed by atoms with Gasteiger partial charge >= 0.3 is 0 Å². The Hall–Kier alpha value is -0.890. The van der Waals surface area contributed by atoms with Crippen molar-refractivity contribution in [2.45, 2.75) is 56.3 Å². The summed E-state index contributed by atoms with van der Waals surface area (Å²) in [6.45, 7) is 4.77. The van der Waals surface area contributed by atoms with Crippen LogP contribution in [0.5, 0.6) is 0 Å². The average Bonchev–Trinajstić information content (AvgIpc) is 2.73. The van der Waals surface area contributed by atoms with Gasteiger partial charge in [-0.15, -0.1) is 0 Å². The Morgan fingerprint density at radius 3 is 2.67 bits per heavy atom. The molecule has 2 rings (SSSR count). The molecule has 0 radical (unpaired) electrons. The van der Waals surface area contributed by atoms with E-state index in [1.807, 2.05) is 11.6 Å². The number of methoxy groups -OCH3 is 1. The highest BCUT2D eigenvalue weighted by Crippen LogP contribution is 2.25. The molecule has 0 amide bonds. The number of nitrogens with zero attached hydrogens (tertiary/aromatic N) is 1. The Balaban J connectivity index is 2.01. The van der Waals surface area contributed by atoms with Crippen molar-refractivity contribution in [3.05, 3.63) is 18.0 Å². The largest absolute Gasteiger partial charge is 0.381 e. The Labute approximate surface area is 126 Å². The van der Waals surface area contributed by atoms with Crippen LogP contribution in [0.25, 0.3) is 0 Å². The highest BCUT2D eigenvalue weighted by Gasteiger charge is 2.33. The molecule has 1 aliphatic carbocycles. The summed E-state index contributed by atoms with van der Waals surface area (Å²) in [5.41, 5.74) is 0.951. The highest BCUT2D eigenvalue weighted by atomic mass is 32.2. The van der Waals surface area contributed by atoms with E-state index in [1.165, 1.54) is 0 Å². The molecule has 0 spiro atoms. The predicted molar refractivity (Wildman–Crippen MR) is 81.5 cm³/mol. The van der Waals surface area contributed by atoms with Crippen molar-refractivity contribution in [2.75, 3.05) is 7.11 Å². The zero-order chi connectivity index (χ0) is 15.6. The number of hydrogen-bond donors (Lipinski definition) is 2. The molecule has 1 aromatic heterocycles. The lowest BCUT2D eigenvalue weighted by Crippen LogP contribution is -2.47. The molecule has 0 aromatic carbocycles. The standard InChI is InChI=1S/C14H25N3O3S/c1-10(2)15-8-12-7-14(9-17(12)3)21(18,19)16-11-5-13(6-11)20-4/h7,9-11,13,15-16H,5-6,8H2,1-4H3. The lowest BCUT2D eigenvalue weighted by molar-refractivity contribution is 0.0236. The average molecular weight is 315 g/mol. The van der Waals surface area contributed by atoms with E-state index < -0.39 is 10.0 Å². The van der Waals surface area contributed by atoms with Crippen molar-refractivity contribution in [2.24, 2.45) is 7.05 Å². The van der Waals surface area contributed by atoms with Crippen LogP contribution in [-0.2, 0) is 28.4 Å². The molecule has 120 valence electrons. The fraction of sp³-hybridized carbons (Fsp3) is 0.714. The van der Waals surface area contributed by atoms with Crippen LogP contribution in [-0.4, -0.2) is 38.3 Å². The number of aromatic nitrogens is 1. The summed E-state index contributed by atoms with van der Waals surface area (Å²) in [5.74, 6) is 0. The molecule has 2 N–H and O–H groups in total. The highest BCUT2D eigenvalue weighted by molar-refractivity contribution is 7.89. The van der Waals surface area contributed by atoms with Gasteiger partial charge in [-0.05, 0) is 18.9 Å². The molecule has 1 saturated carbocycles. The summed E-state index contributed by atoms with van der Waals surface area (Å²) < 4.78 is 34.5. The molecule has 7 heteroatoms. The Bertz CT molecular complexity index is 574. The van der Waals surface area contributed by atoms with Crippen LogP contribution in [0.3, 0.4) is 0 Å². The Kier molecular flexibility index (Phi) is 5.08. The van der Waals surface area contributed by atoms with Crippen LogP contribution in [0.4, 0.5) is 0 Å². The number of rotatable bonds is 7.